The first kappa shape index (κ1) is 21.0. The van der Waals surface area contributed by atoms with E-state index in [4.69, 9.17) is 0 Å². The van der Waals surface area contributed by atoms with E-state index in [2.05, 4.69) is 40.1 Å². The molecule has 1 aromatic heterocycles. The lowest BCUT2D eigenvalue weighted by molar-refractivity contribution is -0.148. The molecule has 2 rings (SSSR count). The van der Waals surface area contributed by atoms with Crippen molar-refractivity contribution in [2.24, 2.45) is 10.9 Å². The topological polar surface area (TPSA) is 39.7 Å². The predicted octanol–water partition coefficient (Wildman–Crippen LogP) is 3.68. The van der Waals surface area contributed by atoms with Gasteiger partial charge in [-0.2, -0.15) is 13.2 Å². The fraction of sp³-hybridized carbons (Fsp3) is 0.722. The number of aliphatic imine (C=N–C) groups is 1. The van der Waals surface area contributed by atoms with Crippen LogP contribution in [-0.4, -0.2) is 56.8 Å². The molecule has 0 saturated carbocycles. The highest BCUT2D eigenvalue weighted by Crippen LogP contribution is 2.24. The fourth-order valence-corrected chi connectivity index (χ4v) is 4.01. The smallest absolute Gasteiger partial charge is 0.356 e. The zero-order chi connectivity index (χ0) is 19.0. The van der Waals surface area contributed by atoms with Gasteiger partial charge in [0.05, 0.1) is 6.54 Å². The third-order valence-electron chi connectivity index (χ3n) is 4.78. The molecule has 4 nitrogen and oxygen atoms in total. The number of hydrogen-bond acceptors (Lipinski definition) is 3. The molecule has 0 radical (unpaired) electrons. The van der Waals surface area contributed by atoms with Crippen molar-refractivity contribution in [2.75, 3.05) is 39.8 Å². The van der Waals surface area contributed by atoms with E-state index in [9.17, 15) is 13.2 Å². The van der Waals surface area contributed by atoms with Crippen molar-refractivity contribution in [2.45, 2.75) is 38.3 Å². The molecule has 1 aliphatic heterocycles. The Hall–Kier alpha value is -1.28. The van der Waals surface area contributed by atoms with Crippen molar-refractivity contribution in [3.8, 4) is 0 Å². The second-order valence-electron chi connectivity index (χ2n) is 6.92. The van der Waals surface area contributed by atoms with Gasteiger partial charge in [-0.1, -0.05) is 13.0 Å². The monoisotopic (exact) mass is 390 g/mol. The van der Waals surface area contributed by atoms with Gasteiger partial charge in [-0.25, -0.2) is 0 Å². The standard InChI is InChI=1S/C18H29F3N4S/c1-14(16-4-3-11-26-16)12-24-17(22-2)23-8-5-15-6-9-25(10-7-15)13-18(19,20)21/h3-4,11,14-15H,5-10,12-13H2,1-2H3,(H2,22,23,24). The van der Waals surface area contributed by atoms with Gasteiger partial charge in [0.2, 0.25) is 0 Å². The number of halogens is 3. The molecule has 1 aliphatic rings. The van der Waals surface area contributed by atoms with Crippen molar-refractivity contribution in [1.82, 2.24) is 15.5 Å². The van der Waals surface area contributed by atoms with E-state index in [1.807, 2.05) is 0 Å². The highest BCUT2D eigenvalue weighted by atomic mass is 32.1. The minimum atomic E-state index is -4.09. The second-order valence-corrected chi connectivity index (χ2v) is 7.90. The van der Waals surface area contributed by atoms with Crippen molar-refractivity contribution in [3.63, 3.8) is 0 Å². The summed E-state index contributed by atoms with van der Waals surface area (Å²) < 4.78 is 37.2. The Balaban J connectivity index is 1.61. The molecule has 2 N–H and O–H groups in total. The van der Waals surface area contributed by atoms with Gasteiger partial charge in [-0.15, -0.1) is 11.3 Å². The lowest BCUT2D eigenvalue weighted by Crippen LogP contribution is -2.42. The van der Waals surface area contributed by atoms with E-state index < -0.39 is 12.7 Å². The maximum Gasteiger partial charge on any atom is 0.401 e. The minimum Gasteiger partial charge on any atom is -0.356 e. The Kier molecular flexibility index (Phi) is 8.21. The van der Waals surface area contributed by atoms with Crippen LogP contribution in [-0.2, 0) is 0 Å². The number of thiophene rings is 1. The number of nitrogens with zero attached hydrogens (tertiary/aromatic N) is 2. The summed E-state index contributed by atoms with van der Waals surface area (Å²) in [6.45, 7) is 4.08. The Bertz CT molecular complexity index is 537. The summed E-state index contributed by atoms with van der Waals surface area (Å²) in [7, 11) is 1.75. The Morgan fingerprint density at radius 3 is 2.65 bits per heavy atom. The first-order valence-corrected chi connectivity index (χ1v) is 10.0. The number of likely N-dealkylation sites (tertiary alicyclic amines) is 1. The van der Waals surface area contributed by atoms with Crippen LogP contribution in [0.2, 0.25) is 0 Å². The summed E-state index contributed by atoms with van der Waals surface area (Å²) in [5.74, 6) is 1.68. The molecule has 1 fully saturated rings. The summed E-state index contributed by atoms with van der Waals surface area (Å²) in [6, 6.07) is 4.20. The predicted molar refractivity (Wildman–Crippen MR) is 102 cm³/mol. The lowest BCUT2D eigenvalue weighted by Gasteiger charge is -2.32. The maximum atomic E-state index is 12.4. The van der Waals surface area contributed by atoms with Gasteiger partial charge in [0.1, 0.15) is 0 Å². The molecular weight excluding hydrogens is 361 g/mol. The van der Waals surface area contributed by atoms with Crippen molar-refractivity contribution in [1.29, 1.82) is 0 Å². The van der Waals surface area contributed by atoms with E-state index in [-0.39, 0.29) is 0 Å². The summed E-state index contributed by atoms with van der Waals surface area (Å²) in [5.41, 5.74) is 0. The number of alkyl halides is 3. The number of guanidine groups is 1. The average Bonchev–Trinajstić information content (AvgIpc) is 3.12. The van der Waals surface area contributed by atoms with Crippen LogP contribution in [0.5, 0.6) is 0 Å². The summed E-state index contributed by atoms with van der Waals surface area (Å²) in [4.78, 5) is 7.10. The lowest BCUT2D eigenvalue weighted by atomic mass is 9.93. The van der Waals surface area contributed by atoms with Crippen LogP contribution in [0, 0.1) is 5.92 Å². The summed E-state index contributed by atoms with van der Waals surface area (Å²) >= 11 is 1.76. The molecule has 0 amide bonds. The SMILES string of the molecule is CN=C(NCCC1CCN(CC(F)(F)F)CC1)NCC(C)c1cccs1. The first-order valence-electron chi connectivity index (χ1n) is 9.14. The molecule has 1 unspecified atom stereocenters. The van der Waals surface area contributed by atoms with Crippen LogP contribution >= 0.6 is 11.3 Å². The van der Waals surface area contributed by atoms with Gasteiger partial charge in [0.15, 0.2) is 5.96 Å². The number of hydrogen-bond donors (Lipinski definition) is 2. The summed E-state index contributed by atoms with van der Waals surface area (Å²) in [6.07, 6.45) is -1.47. The molecule has 1 saturated heterocycles. The molecule has 1 atom stereocenters. The van der Waals surface area contributed by atoms with E-state index >= 15 is 0 Å². The Labute approximate surface area is 157 Å². The normalized spacial score (nSPS) is 18.7. The average molecular weight is 391 g/mol. The molecule has 0 aromatic carbocycles. The minimum absolute atomic E-state index is 0.423. The van der Waals surface area contributed by atoms with Crippen LogP contribution < -0.4 is 10.6 Å². The van der Waals surface area contributed by atoms with E-state index in [1.54, 1.807) is 18.4 Å². The maximum absolute atomic E-state index is 12.4. The van der Waals surface area contributed by atoms with Crippen LogP contribution in [0.3, 0.4) is 0 Å². The molecule has 8 heteroatoms. The summed E-state index contributed by atoms with van der Waals surface area (Å²) in [5, 5.41) is 8.74. The molecule has 26 heavy (non-hydrogen) atoms. The third-order valence-corrected chi connectivity index (χ3v) is 5.89. The van der Waals surface area contributed by atoms with Crippen molar-refractivity contribution < 1.29 is 13.2 Å². The van der Waals surface area contributed by atoms with Crippen LogP contribution in [0.1, 0.15) is 37.0 Å². The van der Waals surface area contributed by atoms with Gasteiger partial charge in [0.25, 0.3) is 0 Å². The fourth-order valence-electron chi connectivity index (χ4n) is 3.22. The van der Waals surface area contributed by atoms with Crippen LogP contribution in [0.4, 0.5) is 13.2 Å². The van der Waals surface area contributed by atoms with E-state index in [0.717, 1.165) is 38.3 Å². The molecule has 148 valence electrons. The van der Waals surface area contributed by atoms with Crippen LogP contribution in [0.25, 0.3) is 0 Å². The molecule has 0 spiro atoms. The Morgan fingerprint density at radius 1 is 1.35 bits per heavy atom. The second kappa shape index (κ2) is 10.2. The van der Waals surface area contributed by atoms with Gasteiger partial charge in [-0.3, -0.25) is 9.89 Å². The van der Waals surface area contributed by atoms with Crippen molar-refractivity contribution >= 4 is 17.3 Å². The van der Waals surface area contributed by atoms with Gasteiger partial charge >= 0.3 is 6.18 Å². The number of rotatable bonds is 7. The van der Waals surface area contributed by atoms with Gasteiger partial charge in [0, 0.05) is 30.9 Å². The highest BCUT2D eigenvalue weighted by Gasteiger charge is 2.32. The highest BCUT2D eigenvalue weighted by molar-refractivity contribution is 7.10. The molecule has 0 bridgehead atoms. The third kappa shape index (κ3) is 7.53. The Morgan fingerprint density at radius 2 is 2.08 bits per heavy atom. The molecule has 1 aromatic rings. The zero-order valence-electron chi connectivity index (χ0n) is 15.5. The molecular formula is C18H29F3N4S. The van der Waals surface area contributed by atoms with Crippen molar-refractivity contribution in [3.05, 3.63) is 22.4 Å². The first-order chi connectivity index (χ1) is 12.4. The van der Waals surface area contributed by atoms with Gasteiger partial charge < -0.3 is 10.6 Å². The molecule has 0 aliphatic carbocycles. The largest absolute Gasteiger partial charge is 0.401 e. The van der Waals surface area contributed by atoms with E-state index in [0.29, 0.717) is 24.9 Å². The van der Waals surface area contributed by atoms with E-state index in [1.165, 1.54) is 9.78 Å². The van der Waals surface area contributed by atoms with Crippen LogP contribution in [0.15, 0.2) is 22.5 Å². The zero-order valence-corrected chi connectivity index (χ0v) is 16.3. The number of piperidine rings is 1. The number of nitrogens with one attached hydrogen (secondary N) is 2. The molecule has 2 heterocycles. The quantitative estimate of drug-likeness (QED) is 0.551. The van der Waals surface area contributed by atoms with Gasteiger partial charge in [-0.05, 0) is 49.7 Å².